The Morgan fingerprint density at radius 1 is 0.906 bits per heavy atom. The van der Waals surface area contributed by atoms with E-state index in [-0.39, 0.29) is 11.3 Å². The quantitative estimate of drug-likeness (QED) is 0.221. The van der Waals surface area contributed by atoms with Crippen LogP contribution in [0.2, 0.25) is 0 Å². The largest absolute Gasteiger partial charge is 0.482 e. The number of hydrogen-bond acceptors (Lipinski definition) is 6. The molecule has 2 aromatic rings. The van der Waals surface area contributed by atoms with Crippen LogP contribution in [0.4, 0.5) is 0 Å². The van der Waals surface area contributed by atoms with Gasteiger partial charge in [-0.2, -0.15) is 0 Å². The van der Waals surface area contributed by atoms with Crippen LogP contribution in [0.1, 0.15) is 22.8 Å². The summed E-state index contributed by atoms with van der Waals surface area (Å²) in [5.41, 5.74) is 1.63. The van der Waals surface area contributed by atoms with E-state index in [1.165, 1.54) is 24.5 Å². The van der Waals surface area contributed by atoms with Crippen molar-refractivity contribution in [1.82, 2.24) is 0 Å². The highest BCUT2D eigenvalue weighted by Crippen LogP contribution is 2.26. The predicted molar refractivity (Wildman–Crippen MR) is 117 cm³/mol. The Morgan fingerprint density at radius 2 is 1.53 bits per heavy atom. The van der Waals surface area contributed by atoms with E-state index >= 15 is 0 Å². The fourth-order valence-corrected chi connectivity index (χ4v) is 2.35. The van der Waals surface area contributed by atoms with E-state index in [4.69, 9.17) is 24.4 Å². The van der Waals surface area contributed by atoms with Crippen molar-refractivity contribution in [2.24, 2.45) is 0 Å². The molecule has 0 heterocycles. The van der Waals surface area contributed by atoms with E-state index in [0.29, 0.717) is 17.1 Å². The van der Waals surface area contributed by atoms with Gasteiger partial charge in [0.15, 0.2) is 19.0 Å². The van der Waals surface area contributed by atoms with Crippen molar-refractivity contribution < 1.29 is 38.8 Å². The molecule has 2 N–H and O–H groups in total. The summed E-state index contributed by atoms with van der Waals surface area (Å²) in [6, 6.07) is 11.0. The number of carbonyl (C=O) groups excluding carboxylic acids is 1. The Morgan fingerprint density at radius 3 is 2.16 bits per heavy atom. The molecule has 0 saturated heterocycles. The van der Waals surface area contributed by atoms with Gasteiger partial charge in [-0.3, -0.25) is 4.79 Å². The fraction of sp³-hybridized carbons (Fsp3) is 0.125. The average molecular weight is 438 g/mol. The van der Waals surface area contributed by atoms with Gasteiger partial charge < -0.3 is 24.4 Å². The highest BCUT2D eigenvalue weighted by atomic mass is 16.5. The molecule has 0 aliphatic rings. The molecule has 0 saturated carbocycles. The molecule has 2 aromatic carbocycles. The van der Waals surface area contributed by atoms with Gasteiger partial charge in [0.1, 0.15) is 17.2 Å². The lowest BCUT2D eigenvalue weighted by Crippen LogP contribution is -2.11. The molecule has 8 nitrogen and oxygen atoms in total. The van der Waals surface area contributed by atoms with E-state index in [1.54, 1.807) is 49.4 Å². The van der Waals surface area contributed by atoms with Crippen LogP contribution >= 0.6 is 0 Å². The Kier molecular flexibility index (Phi) is 8.79. The molecule has 32 heavy (non-hydrogen) atoms. The molecule has 0 spiro atoms. The summed E-state index contributed by atoms with van der Waals surface area (Å²) in [6.45, 7) is 4.45. The van der Waals surface area contributed by atoms with Crippen molar-refractivity contribution in [3.05, 3.63) is 84.2 Å². The summed E-state index contributed by atoms with van der Waals surface area (Å²) < 4.78 is 15.7. The number of benzene rings is 2. The maximum atomic E-state index is 12.7. The van der Waals surface area contributed by atoms with Crippen LogP contribution in [-0.4, -0.2) is 41.1 Å². The van der Waals surface area contributed by atoms with Crippen LogP contribution in [-0.2, 0) is 9.59 Å². The third-order valence-corrected chi connectivity index (χ3v) is 3.80. The van der Waals surface area contributed by atoms with Crippen LogP contribution in [0.25, 0.3) is 6.08 Å². The lowest BCUT2D eigenvalue weighted by molar-refractivity contribution is -0.140. The van der Waals surface area contributed by atoms with E-state index in [1.807, 2.05) is 0 Å². The smallest absolute Gasteiger partial charge is 0.341 e. The van der Waals surface area contributed by atoms with Gasteiger partial charge in [-0.05, 0) is 48.9 Å². The zero-order chi connectivity index (χ0) is 23.5. The molecule has 8 heteroatoms. The van der Waals surface area contributed by atoms with Crippen molar-refractivity contribution >= 4 is 23.8 Å². The molecule has 0 atom stereocenters. The van der Waals surface area contributed by atoms with Gasteiger partial charge in [0.25, 0.3) is 0 Å². The summed E-state index contributed by atoms with van der Waals surface area (Å²) in [5, 5.41) is 17.5. The standard InChI is InChI=1S/C24H22O8/c1-16(2)11-12-30-19-8-9-20(22(13-19)32-15-24(28)29)21(25)10-5-17-3-6-18(7-4-17)31-14-23(26)27/h3-13H,1,14-15H2,2H3,(H,26,27)(H,28,29)/b10-5+,12-11+. The number of carbonyl (C=O) groups is 3. The molecule has 0 radical (unpaired) electrons. The second-order valence-corrected chi connectivity index (χ2v) is 6.56. The lowest BCUT2D eigenvalue weighted by atomic mass is 10.1. The molecule has 0 aliphatic heterocycles. The van der Waals surface area contributed by atoms with Gasteiger partial charge in [-0.25, -0.2) is 9.59 Å². The molecule has 0 aliphatic carbocycles. The van der Waals surface area contributed by atoms with Crippen molar-refractivity contribution in [3.8, 4) is 17.2 Å². The van der Waals surface area contributed by atoms with Gasteiger partial charge in [-0.15, -0.1) is 0 Å². The van der Waals surface area contributed by atoms with Crippen molar-refractivity contribution in [3.63, 3.8) is 0 Å². The maximum absolute atomic E-state index is 12.7. The first-order valence-corrected chi connectivity index (χ1v) is 9.39. The minimum Gasteiger partial charge on any atom is -0.482 e. The molecule has 0 unspecified atom stereocenters. The van der Waals surface area contributed by atoms with E-state index in [9.17, 15) is 14.4 Å². The molecule has 2 rings (SSSR count). The molecule has 0 aromatic heterocycles. The normalized spacial score (nSPS) is 10.8. The first-order valence-electron chi connectivity index (χ1n) is 9.39. The third-order valence-electron chi connectivity index (χ3n) is 3.80. The summed E-state index contributed by atoms with van der Waals surface area (Å²) in [7, 11) is 0. The summed E-state index contributed by atoms with van der Waals surface area (Å²) >= 11 is 0. The highest BCUT2D eigenvalue weighted by molar-refractivity contribution is 6.08. The molecule has 0 fully saturated rings. The number of rotatable bonds is 12. The van der Waals surface area contributed by atoms with Crippen molar-refractivity contribution in [1.29, 1.82) is 0 Å². The molecule has 0 amide bonds. The first-order chi connectivity index (χ1) is 15.2. The molecule has 166 valence electrons. The minimum atomic E-state index is -1.18. The zero-order valence-corrected chi connectivity index (χ0v) is 17.3. The van der Waals surface area contributed by atoms with Gasteiger partial charge in [0.2, 0.25) is 0 Å². The average Bonchev–Trinajstić information content (AvgIpc) is 2.75. The van der Waals surface area contributed by atoms with Crippen LogP contribution in [0.3, 0.4) is 0 Å². The second kappa shape index (κ2) is 11.8. The summed E-state index contributed by atoms with van der Waals surface area (Å²) in [5.74, 6) is -1.85. The Hall–Kier alpha value is -4.33. The summed E-state index contributed by atoms with van der Waals surface area (Å²) in [6.07, 6.45) is 5.95. The number of hydrogen-bond donors (Lipinski definition) is 2. The Bertz CT molecular complexity index is 1050. The number of ether oxygens (including phenoxy) is 3. The minimum absolute atomic E-state index is 0.0701. The third kappa shape index (κ3) is 8.19. The number of aliphatic carboxylic acids is 2. The molecular formula is C24H22O8. The van der Waals surface area contributed by atoms with Crippen LogP contribution in [0.15, 0.2) is 73.0 Å². The van der Waals surface area contributed by atoms with E-state index in [0.717, 1.165) is 5.57 Å². The summed E-state index contributed by atoms with van der Waals surface area (Å²) in [4.78, 5) is 34.1. The Labute approximate surface area is 184 Å². The van der Waals surface area contributed by atoms with Gasteiger partial charge in [-0.1, -0.05) is 30.4 Å². The van der Waals surface area contributed by atoms with Crippen molar-refractivity contribution in [2.45, 2.75) is 6.92 Å². The SMILES string of the molecule is C=C(C)/C=C/Oc1ccc(C(=O)/C=C/c2ccc(OCC(=O)O)cc2)c(OCC(=O)O)c1. The maximum Gasteiger partial charge on any atom is 0.341 e. The fourth-order valence-electron chi connectivity index (χ4n) is 2.35. The number of ketones is 1. The number of carboxylic acids is 2. The van der Waals surface area contributed by atoms with Gasteiger partial charge >= 0.3 is 11.9 Å². The number of allylic oxidation sites excluding steroid dienone is 3. The topological polar surface area (TPSA) is 119 Å². The second-order valence-electron chi connectivity index (χ2n) is 6.56. The van der Waals surface area contributed by atoms with Gasteiger partial charge in [0, 0.05) is 6.07 Å². The molecule has 0 bridgehead atoms. The zero-order valence-electron chi connectivity index (χ0n) is 17.3. The molecular weight excluding hydrogens is 416 g/mol. The Balaban J connectivity index is 2.16. The highest BCUT2D eigenvalue weighted by Gasteiger charge is 2.13. The van der Waals surface area contributed by atoms with Crippen LogP contribution in [0, 0.1) is 0 Å². The number of carboxylic acid groups (broad SMARTS) is 2. The van der Waals surface area contributed by atoms with Crippen LogP contribution < -0.4 is 14.2 Å². The predicted octanol–water partition coefficient (Wildman–Crippen LogP) is 3.98. The van der Waals surface area contributed by atoms with Gasteiger partial charge in [0.05, 0.1) is 11.8 Å². The van der Waals surface area contributed by atoms with Crippen LogP contribution in [0.5, 0.6) is 17.2 Å². The van der Waals surface area contributed by atoms with E-state index in [2.05, 4.69) is 6.58 Å². The monoisotopic (exact) mass is 438 g/mol. The lowest BCUT2D eigenvalue weighted by Gasteiger charge is -2.10. The first kappa shape index (κ1) is 23.9. The van der Waals surface area contributed by atoms with E-state index < -0.39 is 30.9 Å². The van der Waals surface area contributed by atoms with Crippen molar-refractivity contribution in [2.75, 3.05) is 13.2 Å².